The molecule has 1 rings (SSSR count). The molecule has 3 heteroatoms. The van der Waals surface area contributed by atoms with E-state index in [-0.39, 0.29) is 0 Å². The Morgan fingerprint density at radius 2 is 1.89 bits per heavy atom. The summed E-state index contributed by atoms with van der Waals surface area (Å²) in [4.78, 5) is 0. The molecular formula is C16H27NO2. The molecule has 1 aromatic rings. The molecule has 1 aromatic carbocycles. The Hall–Kier alpha value is -1.22. The number of nitrogens with one attached hydrogen (secondary N) is 1. The smallest absolute Gasteiger partial charge is 0.122 e. The number of hydrogen-bond donors (Lipinski definition) is 1. The molecule has 0 radical (unpaired) electrons. The van der Waals surface area contributed by atoms with Crippen LogP contribution in [0.2, 0.25) is 0 Å². The monoisotopic (exact) mass is 265 g/mol. The summed E-state index contributed by atoms with van der Waals surface area (Å²) in [7, 11) is 3.41. The van der Waals surface area contributed by atoms with Crippen LogP contribution in [0.3, 0.4) is 0 Å². The molecule has 0 saturated heterocycles. The minimum absolute atomic E-state index is 0.721. The van der Waals surface area contributed by atoms with Crippen LogP contribution in [0.15, 0.2) is 18.2 Å². The van der Waals surface area contributed by atoms with Gasteiger partial charge in [-0.25, -0.2) is 0 Å². The van der Waals surface area contributed by atoms with E-state index >= 15 is 0 Å². The highest BCUT2D eigenvalue weighted by atomic mass is 16.5. The first-order chi connectivity index (χ1) is 9.17. The summed E-state index contributed by atoms with van der Waals surface area (Å²) in [6, 6.07) is 5.98. The molecule has 0 aliphatic heterocycles. The Bertz CT molecular complexity index is 364. The third kappa shape index (κ3) is 5.97. The maximum absolute atomic E-state index is 5.38. The zero-order valence-corrected chi connectivity index (χ0v) is 12.7. The van der Waals surface area contributed by atoms with Crippen molar-refractivity contribution >= 4 is 0 Å². The summed E-state index contributed by atoms with van der Waals surface area (Å²) < 4.78 is 10.6. The fourth-order valence-electron chi connectivity index (χ4n) is 2.03. The maximum atomic E-state index is 5.38. The van der Waals surface area contributed by atoms with Crippen LogP contribution in [0.25, 0.3) is 0 Å². The standard InChI is InChI=1S/C16H27NO2/c1-13(2)12-17-10-6-5-7-14-11-15(18-3)8-9-16(14)19-4/h8-9,11,13,17H,5-7,10,12H2,1-4H3. The van der Waals surface area contributed by atoms with Gasteiger partial charge in [0.25, 0.3) is 0 Å². The zero-order chi connectivity index (χ0) is 14.1. The van der Waals surface area contributed by atoms with Gasteiger partial charge in [-0.2, -0.15) is 0 Å². The van der Waals surface area contributed by atoms with Crippen molar-refractivity contribution in [3.8, 4) is 11.5 Å². The van der Waals surface area contributed by atoms with E-state index < -0.39 is 0 Å². The molecule has 3 nitrogen and oxygen atoms in total. The number of hydrogen-bond acceptors (Lipinski definition) is 3. The second-order valence-electron chi connectivity index (χ2n) is 5.23. The Balaban J connectivity index is 2.35. The van der Waals surface area contributed by atoms with E-state index in [0.717, 1.165) is 43.3 Å². The molecule has 0 aromatic heterocycles. The Kier molecular flexibility index (Phi) is 7.34. The fourth-order valence-corrected chi connectivity index (χ4v) is 2.03. The Morgan fingerprint density at radius 3 is 2.53 bits per heavy atom. The normalized spacial score (nSPS) is 10.8. The summed E-state index contributed by atoms with van der Waals surface area (Å²) >= 11 is 0. The van der Waals surface area contributed by atoms with Crippen molar-refractivity contribution in [3.05, 3.63) is 23.8 Å². The minimum Gasteiger partial charge on any atom is -0.497 e. The Labute approximate surface area is 117 Å². The molecular weight excluding hydrogens is 238 g/mol. The average Bonchev–Trinajstić information content (AvgIpc) is 2.42. The van der Waals surface area contributed by atoms with Gasteiger partial charge in [-0.3, -0.25) is 0 Å². The highest BCUT2D eigenvalue weighted by Gasteiger charge is 2.04. The lowest BCUT2D eigenvalue weighted by Crippen LogP contribution is -2.20. The summed E-state index contributed by atoms with van der Waals surface area (Å²) in [5.41, 5.74) is 1.23. The lowest BCUT2D eigenvalue weighted by Gasteiger charge is -2.11. The van der Waals surface area contributed by atoms with Crippen LogP contribution in [-0.4, -0.2) is 27.3 Å². The number of aryl methyl sites for hydroxylation is 1. The van der Waals surface area contributed by atoms with Crippen LogP contribution in [0, 0.1) is 5.92 Å². The molecule has 0 saturated carbocycles. The predicted octanol–water partition coefficient (Wildman–Crippen LogP) is 3.27. The van der Waals surface area contributed by atoms with Gasteiger partial charge in [0.15, 0.2) is 0 Å². The topological polar surface area (TPSA) is 30.5 Å². The molecule has 0 spiro atoms. The van der Waals surface area contributed by atoms with Gasteiger partial charge in [-0.15, -0.1) is 0 Å². The zero-order valence-electron chi connectivity index (χ0n) is 12.7. The van der Waals surface area contributed by atoms with E-state index in [9.17, 15) is 0 Å². The molecule has 19 heavy (non-hydrogen) atoms. The highest BCUT2D eigenvalue weighted by Crippen LogP contribution is 2.25. The summed E-state index contributed by atoms with van der Waals surface area (Å²) in [6.07, 6.45) is 3.38. The van der Waals surface area contributed by atoms with Gasteiger partial charge in [0, 0.05) is 0 Å². The molecule has 0 unspecified atom stereocenters. The summed E-state index contributed by atoms with van der Waals surface area (Å²) in [6.45, 7) is 6.65. The van der Waals surface area contributed by atoms with Crippen molar-refractivity contribution in [3.63, 3.8) is 0 Å². The van der Waals surface area contributed by atoms with Gasteiger partial charge in [-0.05, 0) is 62.0 Å². The van der Waals surface area contributed by atoms with Crippen molar-refractivity contribution in [1.29, 1.82) is 0 Å². The van der Waals surface area contributed by atoms with Gasteiger partial charge in [0.05, 0.1) is 14.2 Å². The van der Waals surface area contributed by atoms with E-state index in [1.54, 1.807) is 14.2 Å². The molecule has 0 heterocycles. The first-order valence-electron chi connectivity index (χ1n) is 7.09. The molecule has 0 amide bonds. The summed E-state index contributed by atoms with van der Waals surface area (Å²) in [5, 5.41) is 3.47. The molecule has 108 valence electrons. The van der Waals surface area contributed by atoms with Crippen molar-refractivity contribution in [2.24, 2.45) is 5.92 Å². The minimum atomic E-state index is 0.721. The van der Waals surface area contributed by atoms with Gasteiger partial charge in [0.1, 0.15) is 11.5 Å². The van der Waals surface area contributed by atoms with Crippen LogP contribution in [0.1, 0.15) is 32.3 Å². The number of rotatable bonds is 9. The molecule has 0 atom stereocenters. The fraction of sp³-hybridized carbons (Fsp3) is 0.625. The maximum Gasteiger partial charge on any atom is 0.122 e. The summed E-state index contributed by atoms with van der Waals surface area (Å²) in [5.74, 6) is 2.57. The molecule has 0 bridgehead atoms. The second kappa shape index (κ2) is 8.81. The lowest BCUT2D eigenvalue weighted by molar-refractivity contribution is 0.398. The first kappa shape index (κ1) is 15.8. The third-order valence-corrected chi connectivity index (χ3v) is 3.09. The van der Waals surface area contributed by atoms with E-state index in [0.29, 0.717) is 0 Å². The quantitative estimate of drug-likeness (QED) is 0.695. The van der Waals surface area contributed by atoms with Crippen LogP contribution in [0.5, 0.6) is 11.5 Å². The van der Waals surface area contributed by atoms with E-state index in [1.165, 1.54) is 12.0 Å². The van der Waals surface area contributed by atoms with Gasteiger partial charge < -0.3 is 14.8 Å². The van der Waals surface area contributed by atoms with Crippen molar-refractivity contribution in [2.45, 2.75) is 33.1 Å². The largest absolute Gasteiger partial charge is 0.497 e. The number of ether oxygens (including phenoxy) is 2. The van der Waals surface area contributed by atoms with E-state index in [2.05, 4.69) is 25.2 Å². The number of unbranched alkanes of at least 4 members (excludes halogenated alkanes) is 1. The van der Waals surface area contributed by atoms with Gasteiger partial charge in [-0.1, -0.05) is 13.8 Å². The highest BCUT2D eigenvalue weighted by molar-refractivity contribution is 5.40. The van der Waals surface area contributed by atoms with E-state index in [4.69, 9.17) is 9.47 Å². The first-order valence-corrected chi connectivity index (χ1v) is 7.09. The van der Waals surface area contributed by atoms with Crippen LogP contribution in [0.4, 0.5) is 0 Å². The van der Waals surface area contributed by atoms with Gasteiger partial charge in [0.2, 0.25) is 0 Å². The van der Waals surface area contributed by atoms with Crippen molar-refractivity contribution < 1.29 is 9.47 Å². The van der Waals surface area contributed by atoms with E-state index in [1.807, 2.05) is 12.1 Å². The molecule has 0 aliphatic rings. The SMILES string of the molecule is COc1ccc(OC)c(CCCCNCC(C)C)c1. The third-order valence-electron chi connectivity index (χ3n) is 3.09. The van der Waals surface area contributed by atoms with Crippen LogP contribution < -0.4 is 14.8 Å². The predicted molar refractivity (Wildman–Crippen MR) is 80.2 cm³/mol. The lowest BCUT2D eigenvalue weighted by atomic mass is 10.1. The molecule has 0 fully saturated rings. The number of methoxy groups -OCH3 is 2. The van der Waals surface area contributed by atoms with Crippen molar-refractivity contribution in [2.75, 3.05) is 27.3 Å². The van der Waals surface area contributed by atoms with Gasteiger partial charge >= 0.3 is 0 Å². The molecule has 0 aliphatic carbocycles. The number of benzene rings is 1. The second-order valence-corrected chi connectivity index (χ2v) is 5.23. The van der Waals surface area contributed by atoms with Crippen LogP contribution in [-0.2, 0) is 6.42 Å². The molecule has 1 N–H and O–H groups in total. The van der Waals surface area contributed by atoms with Crippen LogP contribution >= 0.6 is 0 Å². The average molecular weight is 265 g/mol. The van der Waals surface area contributed by atoms with Crippen molar-refractivity contribution in [1.82, 2.24) is 5.32 Å². The Morgan fingerprint density at radius 1 is 1.11 bits per heavy atom.